The lowest BCUT2D eigenvalue weighted by molar-refractivity contribution is -0.107. The summed E-state index contributed by atoms with van der Waals surface area (Å²) in [6.45, 7) is 9.93. The van der Waals surface area contributed by atoms with Gasteiger partial charge in [0, 0.05) is 7.11 Å². The molecule has 0 spiro atoms. The Balaban J connectivity index is 2.21. The van der Waals surface area contributed by atoms with E-state index in [0.29, 0.717) is 11.5 Å². The van der Waals surface area contributed by atoms with Crippen molar-refractivity contribution in [3.8, 4) is 0 Å². The van der Waals surface area contributed by atoms with Crippen molar-refractivity contribution in [2.45, 2.75) is 59.5 Å². The first-order valence-electron chi connectivity index (χ1n) is 7.02. The third-order valence-corrected chi connectivity index (χ3v) is 6.24. The van der Waals surface area contributed by atoms with Crippen LogP contribution in [0.1, 0.15) is 53.4 Å². The first kappa shape index (κ1) is 12.4. The second-order valence-corrected chi connectivity index (χ2v) is 6.64. The molecule has 2 saturated carbocycles. The molecule has 0 radical (unpaired) electrons. The molecule has 1 nitrogen and oxygen atoms in total. The minimum Gasteiger partial charge on any atom is -0.381 e. The van der Waals surface area contributed by atoms with Crippen LogP contribution in [0.5, 0.6) is 0 Å². The Bertz CT molecular complexity index is 250. The maximum Gasteiger partial charge on any atom is 0.0577 e. The predicted octanol–water partition coefficient (Wildman–Crippen LogP) is 4.12. The van der Waals surface area contributed by atoms with Gasteiger partial charge < -0.3 is 4.74 Å². The number of fused-ring (bicyclic) bond motifs is 1. The van der Waals surface area contributed by atoms with E-state index in [0.717, 1.165) is 23.7 Å². The average Bonchev–Trinajstić information content (AvgIpc) is 2.27. The van der Waals surface area contributed by atoms with Gasteiger partial charge in [-0.2, -0.15) is 0 Å². The summed E-state index contributed by atoms with van der Waals surface area (Å²) < 4.78 is 5.62. The summed E-state index contributed by atoms with van der Waals surface area (Å²) in [5, 5.41) is 0. The summed E-state index contributed by atoms with van der Waals surface area (Å²) in [6.07, 6.45) is 5.93. The monoisotopic (exact) mass is 224 g/mol. The van der Waals surface area contributed by atoms with E-state index in [1.807, 2.05) is 7.11 Å². The quantitative estimate of drug-likeness (QED) is 0.651. The normalized spacial score (nSPS) is 53.4. The molecule has 0 amide bonds. The number of hydrogen-bond donors (Lipinski definition) is 0. The zero-order valence-corrected chi connectivity index (χ0v) is 11.6. The smallest absolute Gasteiger partial charge is 0.0577 e. The molecule has 6 atom stereocenters. The predicted molar refractivity (Wildman–Crippen MR) is 68.4 cm³/mol. The van der Waals surface area contributed by atoms with Crippen LogP contribution < -0.4 is 0 Å². The van der Waals surface area contributed by atoms with Crippen LogP contribution in [0.4, 0.5) is 0 Å². The third-order valence-electron chi connectivity index (χ3n) is 6.24. The summed E-state index contributed by atoms with van der Waals surface area (Å²) in [7, 11) is 1.88. The van der Waals surface area contributed by atoms with E-state index in [9.17, 15) is 0 Å². The summed E-state index contributed by atoms with van der Waals surface area (Å²) in [6, 6.07) is 0. The van der Waals surface area contributed by atoms with Gasteiger partial charge in [0.15, 0.2) is 0 Å². The zero-order chi connectivity index (χ0) is 11.9. The van der Waals surface area contributed by atoms with Gasteiger partial charge in [0.2, 0.25) is 0 Å². The number of rotatable bonds is 1. The highest BCUT2D eigenvalue weighted by molar-refractivity contribution is 5.00. The first-order chi connectivity index (χ1) is 7.50. The minimum atomic E-state index is 0.522. The summed E-state index contributed by atoms with van der Waals surface area (Å²) in [4.78, 5) is 0. The van der Waals surface area contributed by atoms with E-state index < -0.39 is 0 Å². The Morgan fingerprint density at radius 3 is 2.38 bits per heavy atom. The number of ether oxygens (including phenoxy) is 1. The molecular weight excluding hydrogens is 196 g/mol. The second kappa shape index (κ2) is 4.33. The van der Waals surface area contributed by atoms with Crippen LogP contribution in [0.25, 0.3) is 0 Å². The molecule has 2 aliphatic rings. The molecule has 0 heterocycles. The van der Waals surface area contributed by atoms with Crippen molar-refractivity contribution in [1.82, 2.24) is 0 Å². The molecule has 0 aromatic heterocycles. The Morgan fingerprint density at radius 1 is 1.06 bits per heavy atom. The molecular formula is C15H28O. The van der Waals surface area contributed by atoms with Crippen molar-refractivity contribution < 1.29 is 4.74 Å². The SMILES string of the molecule is COC1CC2CCC(C)C(C)C2(C)[C@@H](C)C1. The molecule has 94 valence electrons. The van der Waals surface area contributed by atoms with Gasteiger partial charge in [0.25, 0.3) is 0 Å². The van der Waals surface area contributed by atoms with Gasteiger partial charge in [-0.1, -0.05) is 34.1 Å². The van der Waals surface area contributed by atoms with Crippen molar-refractivity contribution >= 4 is 0 Å². The van der Waals surface area contributed by atoms with Crippen molar-refractivity contribution in [2.24, 2.45) is 29.1 Å². The van der Waals surface area contributed by atoms with Gasteiger partial charge >= 0.3 is 0 Å². The molecule has 1 heteroatoms. The summed E-state index contributed by atoms with van der Waals surface area (Å²) >= 11 is 0. The van der Waals surface area contributed by atoms with E-state index in [-0.39, 0.29) is 0 Å². The highest BCUT2D eigenvalue weighted by atomic mass is 16.5. The van der Waals surface area contributed by atoms with Crippen LogP contribution in [-0.4, -0.2) is 13.2 Å². The molecule has 0 aliphatic heterocycles. The fourth-order valence-corrected chi connectivity index (χ4v) is 4.49. The molecule has 2 rings (SSSR count). The van der Waals surface area contributed by atoms with E-state index >= 15 is 0 Å². The molecule has 0 N–H and O–H groups in total. The maximum absolute atomic E-state index is 5.62. The molecule has 2 aliphatic carbocycles. The van der Waals surface area contributed by atoms with Gasteiger partial charge in [0.1, 0.15) is 0 Å². The van der Waals surface area contributed by atoms with Gasteiger partial charge in [-0.25, -0.2) is 0 Å². The zero-order valence-electron chi connectivity index (χ0n) is 11.6. The third kappa shape index (κ3) is 1.72. The Morgan fingerprint density at radius 2 is 1.75 bits per heavy atom. The first-order valence-corrected chi connectivity index (χ1v) is 7.02. The van der Waals surface area contributed by atoms with Crippen molar-refractivity contribution in [2.75, 3.05) is 7.11 Å². The van der Waals surface area contributed by atoms with Crippen LogP contribution in [0.15, 0.2) is 0 Å². The molecule has 2 fully saturated rings. The van der Waals surface area contributed by atoms with Gasteiger partial charge in [-0.05, 0) is 48.3 Å². The minimum absolute atomic E-state index is 0.522. The second-order valence-electron chi connectivity index (χ2n) is 6.64. The largest absolute Gasteiger partial charge is 0.381 e. The fourth-order valence-electron chi connectivity index (χ4n) is 4.49. The maximum atomic E-state index is 5.62. The lowest BCUT2D eigenvalue weighted by Gasteiger charge is -2.57. The molecule has 0 saturated heterocycles. The van der Waals surface area contributed by atoms with Crippen LogP contribution in [0.2, 0.25) is 0 Å². The number of hydrogen-bond acceptors (Lipinski definition) is 1. The highest BCUT2D eigenvalue weighted by Gasteiger charge is 2.51. The van der Waals surface area contributed by atoms with E-state index in [2.05, 4.69) is 27.7 Å². The van der Waals surface area contributed by atoms with E-state index in [1.165, 1.54) is 25.7 Å². The Hall–Kier alpha value is -0.0400. The van der Waals surface area contributed by atoms with Crippen LogP contribution >= 0.6 is 0 Å². The van der Waals surface area contributed by atoms with E-state index in [4.69, 9.17) is 4.74 Å². The Kier molecular flexibility index (Phi) is 3.36. The fraction of sp³-hybridized carbons (Fsp3) is 1.00. The topological polar surface area (TPSA) is 9.23 Å². The van der Waals surface area contributed by atoms with Gasteiger partial charge in [-0.15, -0.1) is 0 Å². The van der Waals surface area contributed by atoms with E-state index in [1.54, 1.807) is 0 Å². The van der Waals surface area contributed by atoms with Crippen molar-refractivity contribution in [1.29, 1.82) is 0 Å². The van der Waals surface area contributed by atoms with Crippen molar-refractivity contribution in [3.63, 3.8) is 0 Å². The molecule has 0 aromatic rings. The molecule has 5 unspecified atom stereocenters. The van der Waals surface area contributed by atoms with Crippen LogP contribution in [0, 0.1) is 29.1 Å². The highest BCUT2D eigenvalue weighted by Crippen LogP contribution is 2.57. The Labute approximate surface area is 101 Å². The lowest BCUT2D eigenvalue weighted by Crippen LogP contribution is -2.51. The summed E-state index contributed by atoms with van der Waals surface area (Å²) in [5.41, 5.74) is 0.562. The lowest BCUT2D eigenvalue weighted by atomic mass is 9.49. The number of methoxy groups -OCH3 is 1. The van der Waals surface area contributed by atoms with Crippen molar-refractivity contribution in [3.05, 3.63) is 0 Å². The molecule has 0 bridgehead atoms. The van der Waals surface area contributed by atoms with Gasteiger partial charge in [0.05, 0.1) is 6.10 Å². The molecule has 16 heavy (non-hydrogen) atoms. The standard InChI is InChI=1S/C15H28O/c1-10-6-7-13-9-14(16-5)8-11(2)15(13,4)12(10)3/h10-14H,6-9H2,1-5H3/t10?,11-,12?,13?,14?,15?/m0/s1. The summed E-state index contributed by atoms with van der Waals surface area (Å²) in [5.74, 6) is 3.49. The average molecular weight is 224 g/mol. The van der Waals surface area contributed by atoms with Crippen LogP contribution in [-0.2, 0) is 4.74 Å². The van der Waals surface area contributed by atoms with Gasteiger partial charge in [-0.3, -0.25) is 0 Å². The molecule has 0 aromatic carbocycles. The van der Waals surface area contributed by atoms with Crippen LogP contribution in [0.3, 0.4) is 0 Å².